The Morgan fingerprint density at radius 2 is 2.15 bits per heavy atom. The van der Waals surface area contributed by atoms with Crippen molar-refractivity contribution in [2.45, 2.75) is 19.1 Å². The zero-order valence-corrected chi connectivity index (χ0v) is 11.7. The lowest BCUT2D eigenvalue weighted by Crippen LogP contribution is -2.51. The second-order valence-corrected chi connectivity index (χ2v) is 5.03. The molecule has 2 atom stereocenters. The molecule has 2 unspecified atom stereocenters. The van der Waals surface area contributed by atoms with Gasteiger partial charge in [-0.2, -0.15) is 0 Å². The predicted octanol–water partition coefficient (Wildman–Crippen LogP) is 2.06. The maximum Gasteiger partial charge on any atom is 0.269 e. The van der Waals surface area contributed by atoms with Gasteiger partial charge in [-0.15, -0.1) is 11.6 Å². The molecule has 1 heterocycles. The molecule has 6 nitrogen and oxygen atoms in total. The van der Waals surface area contributed by atoms with E-state index in [9.17, 15) is 14.9 Å². The fraction of sp³-hybridized carbons (Fsp3) is 0.462. The van der Waals surface area contributed by atoms with E-state index in [1.165, 1.54) is 24.3 Å². The molecular formula is C13H15ClN2O4. The molecule has 0 aliphatic carbocycles. The van der Waals surface area contributed by atoms with E-state index in [1.807, 2.05) is 6.92 Å². The number of halogens is 1. The molecule has 0 radical (unpaired) electrons. The van der Waals surface area contributed by atoms with Gasteiger partial charge in [0.1, 0.15) is 0 Å². The SMILES string of the molecule is CC1COC(CCl)CN1C(=O)c1ccc([N+](=O)[O-])cc1. The van der Waals surface area contributed by atoms with Gasteiger partial charge in [0.25, 0.3) is 11.6 Å². The van der Waals surface area contributed by atoms with Crippen molar-refractivity contribution in [2.24, 2.45) is 0 Å². The van der Waals surface area contributed by atoms with Gasteiger partial charge < -0.3 is 9.64 Å². The number of hydrogen-bond donors (Lipinski definition) is 0. The molecule has 20 heavy (non-hydrogen) atoms. The van der Waals surface area contributed by atoms with Crippen LogP contribution in [0.5, 0.6) is 0 Å². The van der Waals surface area contributed by atoms with Crippen LogP contribution in [0.1, 0.15) is 17.3 Å². The zero-order valence-electron chi connectivity index (χ0n) is 11.0. The Kier molecular flexibility index (Phi) is 4.57. The van der Waals surface area contributed by atoms with Crippen LogP contribution in [0.25, 0.3) is 0 Å². The van der Waals surface area contributed by atoms with Crippen LogP contribution in [-0.4, -0.2) is 46.9 Å². The summed E-state index contributed by atoms with van der Waals surface area (Å²) in [5, 5.41) is 10.6. The number of morpholine rings is 1. The molecule has 0 saturated carbocycles. The second-order valence-electron chi connectivity index (χ2n) is 4.72. The van der Waals surface area contributed by atoms with E-state index in [0.717, 1.165) is 0 Å². The average molecular weight is 299 g/mol. The summed E-state index contributed by atoms with van der Waals surface area (Å²) < 4.78 is 5.49. The Morgan fingerprint density at radius 3 is 2.70 bits per heavy atom. The largest absolute Gasteiger partial charge is 0.373 e. The zero-order chi connectivity index (χ0) is 14.7. The first-order chi connectivity index (χ1) is 9.52. The summed E-state index contributed by atoms with van der Waals surface area (Å²) in [4.78, 5) is 24.2. The number of rotatable bonds is 3. The van der Waals surface area contributed by atoms with Gasteiger partial charge in [0, 0.05) is 24.2 Å². The maximum absolute atomic E-state index is 12.4. The van der Waals surface area contributed by atoms with Gasteiger partial charge >= 0.3 is 0 Å². The minimum absolute atomic E-state index is 0.0322. The number of nitrogens with zero attached hydrogens (tertiary/aromatic N) is 2. The fourth-order valence-electron chi connectivity index (χ4n) is 2.09. The minimum atomic E-state index is -0.491. The Balaban J connectivity index is 2.15. The minimum Gasteiger partial charge on any atom is -0.373 e. The number of alkyl halides is 1. The van der Waals surface area contributed by atoms with Crippen LogP contribution in [0.15, 0.2) is 24.3 Å². The number of nitro benzene ring substituents is 1. The van der Waals surface area contributed by atoms with Crippen LogP contribution in [0.4, 0.5) is 5.69 Å². The van der Waals surface area contributed by atoms with E-state index in [2.05, 4.69) is 0 Å². The third-order valence-corrected chi connectivity index (χ3v) is 3.61. The van der Waals surface area contributed by atoms with Crippen molar-refractivity contribution in [3.8, 4) is 0 Å². The van der Waals surface area contributed by atoms with Crippen LogP contribution in [0.2, 0.25) is 0 Å². The second kappa shape index (κ2) is 6.19. The van der Waals surface area contributed by atoms with Gasteiger partial charge in [0.15, 0.2) is 0 Å². The Labute approximate surface area is 121 Å². The standard InChI is InChI=1S/C13H15ClN2O4/c1-9-8-20-12(6-14)7-15(9)13(17)10-2-4-11(5-3-10)16(18)19/h2-5,9,12H,6-8H2,1H3. The Morgan fingerprint density at radius 1 is 1.50 bits per heavy atom. The highest BCUT2D eigenvalue weighted by Crippen LogP contribution is 2.18. The molecule has 1 aromatic rings. The van der Waals surface area contributed by atoms with Gasteiger partial charge in [-0.05, 0) is 19.1 Å². The van der Waals surface area contributed by atoms with E-state index in [4.69, 9.17) is 16.3 Å². The third-order valence-electron chi connectivity index (χ3n) is 3.26. The molecule has 0 N–H and O–H groups in total. The van der Waals surface area contributed by atoms with Crippen LogP contribution in [0, 0.1) is 10.1 Å². The summed E-state index contributed by atoms with van der Waals surface area (Å²) in [5.41, 5.74) is 0.396. The molecule has 1 aromatic carbocycles. The van der Waals surface area contributed by atoms with Crippen LogP contribution in [-0.2, 0) is 4.74 Å². The smallest absolute Gasteiger partial charge is 0.269 e. The Bertz CT molecular complexity index is 506. The monoisotopic (exact) mass is 298 g/mol. The summed E-state index contributed by atoms with van der Waals surface area (Å²) in [6, 6.07) is 5.56. The van der Waals surface area contributed by atoms with Gasteiger partial charge in [0.05, 0.1) is 29.6 Å². The van der Waals surface area contributed by atoms with Crippen molar-refractivity contribution in [3.05, 3.63) is 39.9 Å². The van der Waals surface area contributed by atoms with Crippen LogP contribution < -0.4 is 0 Å². The Hall–Kier alpha value is -1.66. The highest BCUT2D eigenvalue weighted by Gasteiger charge is 2.29. The summed E-state index contributed by atoms with van der Waals surface area (Å²) >= 11 is 5.76. The summed E-state index contributed by atoms with van der Waals surface area (Å²) in [5.74, 6) is 0.169. The number of carbonyl (C=O) groups is 1. The first-order valence-corrected chi connectivity index (χ1v) is 6.79. The molecule has 1 aliphatic rings. The van der Waals surface area contributed by atoms with Crippen molar-refractivity contribution in [1.29, 1.82) is 0 Å². The summed E-state index contributed by atoms with van der Waals surface area (Å²) in [6.07, 6.45) is -0.171. The average Bonchev–Trinajstić information content (AvgIpc) is 2.47. The molecule has 1 fully saturated rings. The molecule has 1 amide bonds. The number of amides is 1. The van der Waals surface area contributed by atoms with Crippen molar-refractivity contribution in [1.82, 2.24) is 4.90 Å². The predicted molar refractivity (Wildman–Crippen MR) is 74.1 cm³/mol. The molecule has 108 valence electrons. The van der Waals surface area contributed by atoms with E-state index < -0.39 is 4.92 Å². The number of carbonyl (C=O) groups excluding carboxylic acids is 1. The normalized spacial score (nSPS) is 22.6. The van der Waals surface area contributed by atoms with Gasteiger partial charge in [0.2, 0.25) is 0 Å². The number of benzene rings is 1. The van der Waals surface area contributed by atoms with E-state index >= 15 is 0 Å². The molecule has 0 bridgehead atoms. The third kappa shape index (κ3) is 3.08. The summed E-state index contributed by atoms with van der Waals surface area (Å²) in [7, 11) is 0. The van der Waals surface area contributed by atoms with E-state index in [-0.39, 0.29) is 23.7 Å². The number of hydrogen-bond acceptors (Lipinski definition) is 4. The lowest BCUT2D eigenvalue weighted by Gasteiger charge is -2.37. The van der Waals surface area contributed by atoms with E-state index in [0.29, 0.717) is 24.6 Å². The van der Waals surface area contributed by atoms with Crippen molar-refractivity contribution in [2.75, 3.05) is 19.0 Å². The first kappa shape index (κ1) is 14.7. The summed E-state index contributed by atoms with van der Waals surface area (Å²) in [6.45, 7) is 2.77. The van der Waals surface area contributed by atoms with Crippen molar-refractivity contribution < 1.29 is 14.5 Å². The topological polar surface area (TPSA) is 72.7 Å². The first-order valence-electron chi connectivity index (χ1n) is 6.26. The number of non-ortho nitro benzene ring substituents is 1. The molecule has 2 rings (SSSR count). The van der Waals surface area contributed by atoms with Crippen molar-refractivity contribution in [3.63, 3.8) is 0 Å². The van der Waals surface area contributed by atoms with Gasteiger partial charge in [-0.3, -0.25) is 14.9 Å². The van der Waals surface area contributed by atoms with Crippen molar-refractivity contribution >= 4 is 23.2 Å². The lowest BCUT2D eigenvalue weighted by molar-refractivity contribution is -0.384. The molecule has 7 heteroatoms. The molecule has 0 aromatic heterocycles. The molecule has 1 aliphatic heterocycles. The highest BCUT2D eigenvalue weighted by molar-refractivity contribution is 6.18. The van der Waals surface area contributed by atoms with Crippen LogP contribution in [0.3, 0.4) is 0 Å². The molecular weight excluding hydrogens is 284 g/mol. The van der Waals surface area contributed by atoms with Gasteiger partial charge in [-0.1, -0.05) is 0 Å². The van der Waals surface area contributed by atoms with Gasteiger partial charge in [-0.25, -0.2) is 0 Å². The molecule has 1 saturated heterocycles. The fourth-order valence-corrected chi connectivity index (χ4v) is 2.27. The highest BCUT2D eigenvalue weighted by atomic mass is 35.5. The lowest BCUT2D eigenvalue weighted by atomic mass is 10.1. The number of ether oxygens (including phenoxy) is 1. The van der Waals surface area contributed by atoms with E-state index in [1.54, 1.807) is 4.90 Å². The van der Waals surface area contributed by atoms with Crippen LogP contribution >= 0.6 is 11.6 Å². The quantitative estimate of drug-likeness (QED) is 0.486. The maximum atomic E-state index is 12.4. The number of nitro groups is 1. The molecule has 0 spiro atoms.